The molecule has 0 radical (unpaired) electrons. The summed E-state index contributed by atoms with van der Waals surface area (Å²) in [5, 5.41) is 9.17. The second-order valence-corrected chi connectivity index (χ2v) is 4.42. The van der Waals surface area contributed by atoms with Gasteiger partial charge in [-0.15, -0.1) is 0 Å². The van der Waals surface area contributed by atoms with Gasteiger partial charge in [0.15, 0.2) is 0 Å². The minimum atomic E-state index is -0.238. The van der Waals surface area contributed by atoms with Crippen molar-refractivity contribution in [3.63, 3.8) is 0 Å². The second kappa shape index (κ2) is 5.85. The molecule has 1 N–H and O–H groups in total. The van der Waals surface area contributed by atoms with E-state index >= 15 is 0 Å². The molecule has 0 bridgehead atoms. The summed E-state index contributed by atoms with van der Waals surface area (Å²) in [6.07, 6.45) is 3.01. The van der Waals surface area contributed by atoms with Crippen LogP contribution in [0, 0.1) is 11.3 Å². The molecule has 0 fully saturated rings. The quantitative estimate of drug-likeness (QED) is 0.867. The van der Waals surface area contributed by atoms with E-state index in [9.17, 15) is 4.79 Å². The standard InChI is InChI=1S/C15H13N3O2/c1-10(2)9-20-13-4-3-11(7-12(13)8-16)15-17-6-5-14(19)18-15/h3-7,9H,1-2H3,(H,17,18,19). The molecule has 0 atom stereocenters. The smallest absolute Gasteiger partial charge is 0.251 e. The van der Waals surface area contributed by atoms with Crippen molar-refractivity contribution in [2.75, 3.05) is 0 Å². The van der Waals surface area contributed by atoms with Crippen LogP contribution in [0.1, 0.15) is 19.4 Å². The average molecular weight is 267 g/mol. The van der Waals surface area contributed by atoms with Gasteiger partial charge in [-0.1, -0.05) is 0 Å². The topological polar surface area (TPSA) is 78.8 Å². The summed E-state index contributed by atoms with van der Waals surface area (Å²) in [6, 6.07) is 8.46. The van der Waals surface area contributed by atoms with Gasteiger partial charge in [-0.25, -0.2) is 4.98 Å². The molecule has 0 amide bonds. The van der Waals surface area contributed by atoms with E-state index in [1.807, 2.05) is 13.8 Å². The number of aromatic amines is 1. The van der Waals surface area contributed by atoms with Crippen LogP contribution in [0.3, 0.4) is 0 Å². The van der Waals surface area contributed by atoms with Crippen LogP contribution in [0.25, 0.3) is 11.4 Å². The lowest BCUT2D eigenvalue weighted by molar-refractivity contribution is 0.474. The molecular formula is C15H13N3O2. The SMILES string of the molecule is CC(C)=COc1ccc(-c2nccc(=O)[nH]2)cc1C#N. The Bertz CT molecular complexity index is 750. The van der Waals surface area contributed by atoms with E-state index in [0.29, 0.717) is 22.7 Å². The highest BCUT2D eigenvalue weighted by Gasteiger charge is 2.07. The Morgan fingerprint density at radius 2 is 2.20 bits per heavy atom. The van der Waals surface area contributed by atoms with Gasteiger partial charge in [-0.3, -0.25) is 4.79 Å². The normalized spacial score (nSPS) is 9.65. The summed E-state index contributed by atoms with van der Waals surface area (Å²) in [6.45, 7) is 3.80. The van der Waals surface area contributed by atoms with E-state index in [1.54, 1.807) is 24.5 Å². The van der Waals surface area contributed by atoms with Gasteiger partial charge in [0, 0.05) is 17.8 Å². The molecule has 100 valence electrons. The van der Waals surface area contributed by atoms with Crippen LogP contribution in [0.2, 0.25) is 0 Å². The first kappa shape index (κ1) is 13.6. The molecule has 2 rings (SSSR count). The maximum absolute atomic E-state index is 11.3. The molecule has 1 aromatic heterocycles. The maximum Gasteiger partial charge on any atom is 0.251 e. The van der Waals surface area contributed by atoms with E-state index in [1.165, 1.54) is 12.3 Å². The number of nitrogens with zero attached hydrogens (tertiary/aromatic N) is 2. The van der Waals surface area contributed by atoms with Crippen molar-refractivity contribution in [3.05, 3.63) is 58.2 Å². The van der Waals surface area contributed by atoms with Gasteiger partial charge in [-0.05, 0) is 37.6 Å². The van der Waals surface area contributed by atoms with Crippen molar-refractivity contribution in [1.29, 1.82) is 5.26 Å². The molecule has 0 saturated carbocycles. The highest BCUT2D eigenvalue weighted by Crippen LogP contribution is 2.24. The lowest BCUT2D eigenvalue weighted by Crippen LogP contribution is -2.05. The molecule has 0 aliphatic carbocycles. The Morgan fingerprint density at radius 1 is 1.40 bits per heavy atom. The Kier molecular flexibility index (Phi) is 3.96. The highest BCUT2D eigenvalue weighted by atomic mass is 16.5. The van der Waals surface area contributed by atoms with Crippen molar-refractivity contribution in [3.8, 4) is 23.2 Å². The lowest BCUT2D eigenvalue weighted by Gasteiger charge is -2.06. The Balaban J connectivity index is 2.42. The predicted molar refractivity (Wildman–Crippen MR) is 75.1 cm³/mol. The first-order valence-electron chi connectivity index (χ1n) is 6.00. The van der Waals surface area contributed by atoms with Crippen molar-refractivity contribution < 1.29 is 4.74 Å². The summed E-state index contributed by atoms with van der Waals surface area (Å²) in [5.41, 5.74) is 1.79. The van der Waals surface area contributed by atoms with Gasteiger partial charge in [-0.2, -0.15) is 5.26 Å². The molecule has 5 nitrogen and oxygen atoms in total. The first-order chi connectivity index (χ1) is 9.60. The van der Waals surface area contributed by atoms with Crippen molar-refractivity contribution in [1.82, 2.24) is 9.97 Å². The number of hydrogen-bond acceptors (Lipinski definition) is 4. The number of nitriles is 1. The van der Waals surface area contributed by atoms with Crippen LogP contribution in [0.15, 0.2) is 47.1 Å². The van der Waals surface area contributed by atoms with Gasteiger partial charge in [0.2, 0.25) is 0 Å². The van der Waals surface area contributed by atoms with Crippen LogP contribution in [-0.2, 0) is 0 Å². The number of allylic oxidation sites excluding steroid dienone is 1. The zero-order valence-electron chi connectivity index (χ0n) is 11.2. The van der Waals surface area contributed by atoms with E-state index in [0.717, 1.165) is 5.57 Å². The summed E-state index contributed by atoms with van der Waals surface area (Å²) in [5.74, 6) is 0.887. The Labute approximate surface area is 116 Å². The number of hydrogen-bond donors (Lipinski definition) is 1. The fourth-order valence-electron chi connectivity index (χ4n) is 1.57. The summed E-state index contributed by atoms with van der Waals surface area (Å²) < 4.78 is 5.43. The van der Waals surface area contributed by atoms with Crippen LogP contribution in [-0.4, -0.2) is 9.97 Å². The third kappa shape index (κ3) is 3.12. The predicted octanol–water partition coefficient (Wildman–Crippen LogP) is 2.61. The fourth-order valence-corrected chi connectivity index (χ4v) is 1.57. The van der Waals surface area contributed by atoms with Gasteiger partial charge >= 0.3 is 0 Å². The summed E-state index contributed by atoms with van der Waals surface area (Å²) >= 11 is 0. The monoisotopic (exact) mass is 267 g/mol. The van der Waals surface area contributed by atoms with E-state index < -0.39 is 0 Å². The number of nitrogens with one attached hydrogen (secondary N) is 1. The number of H-pyrrole nitrogens is 1. The maximum atomic E-state index is 11.3. The van der Waals surface area contributed by atoms with Crippen molar-refractivity contribution in [2.24, 2.45) is 0 Å². The van der Waals surface area contributed by atoms with Crippen LogP contribution >= 0.6 is 0 Å². The molecule has 1 aromatic carbocycles. The third-order valence-electron chi connectivity index (χ3n) is 2.47. The lowest BCUT2D eigenvalue weighted by atomic mass is 10.1. The number of ether oxygens (including phenoxy) is 1. The largest absolute Gasteiger partial charge is 0.464 e. The van der Waals surface area contributed by atoms with E-state index in [-0.39, 0.29) is 5.56 Å². The van der Waals surface area contributed by atoms with Gasteiger partial charge in [0.1, 0.15) is 17.6 Å². The Hall–Kier alpha value is -2.87. The number of rotatable bonds is 3. The number of benzene rings is 1. The average Bonchev–Trinajstić information content (AvgIpc) is 2.44. The fraction of sp³-hybridized carbons (Fsp3) is 0.133. The molecular weight excluding hydrogens is 254 g/mol. The highest BCUT2D eigenvalue weighted by molar-refractivity contribution is 5.61. The molecule has 0 aliphatic heterocycles. The Morgan fingerprint density at radius 3 is 2.85 bits per heavy atom. The molecule has 0 unspecified atom stereocenters. The third-order valence-corrected chi connectivity index (χ3v) is 2.47. The molecule has 2 aromatic rings. The van der Waals surface area contributed by atoms with Crippen LogP contribution in [0.5, 0.6) is 5.75 Å². The molecule has 0 spiro atoms. The molecule has 0 saturated heterocycles. The molecule has 20 heavy (non-hydrogen) atoms. The van der Waals surface area contributed by atoms with Gasteiger partial charge < -0.3 is 9.72 Å². The first-order valence-corrected chi connectivity index (χ1v) is 6.00. The summed E-state index contributed by atoms with van der Waals surface area (Å²) in [4.78, 5) is 18.0. The second-order valence-electron chi connectivity index (χ2n) is 4.42. The van der Waals surface area contributed by atoms with Crippen LogP contribution in [0.4, 0.5) is 0 Å². The van der Waals surface area contributed by atoms with Crippen molar-refractivity contribution >= 4 is 0 Å². The van der Waals surface area contributed by atoms with Crippen LogP contribution < -0.4 is 10.3 Å². The minimum absolute atomic E-state index is 0.238. The zero-order valence-corrected chi connectivity index (χ0v) is 11.2. The molecule has 0 aliphatic rings. The van der Waals surface area contributed by atoms with Gasteiger partial charge in [0.05, 0.1) is 11.8 Å². The molecule has 1 heterocycles. The number of aromatic nitrogens is 2. The van der Waals surface area contributed by atoms with Gasteiger partial charge in [0.25, 0.3) is 5.56 Å². The van der Waals surface area contributed by atoms with E-state index in [4.69, 9.17) is 10.00 Å². The zero-order chi connectivity index (χ0) is 14.5. The van der Waals surface area contributed by atoms with Crippen molar-refractivity contribution in [2.45, 2.75) is 13.8 Å². The van der Waals surface area contributed by atoms with E-state index in [2.05, 4.69) is 16.0 Å². The molecule has 5 heteroatoms. The minimum Gasteiger partial charge on any atom is -0.464 e. The summed E-state index contributed by atoms with van der Waals surface area (Å²) in [7, 11) is 0.